The van der Waals surface area contributed by atoms with Crippen LogP contribution in [0.15, 0.2) is 58.7 Å². The van der Waals surface area contributed by atoms with Crippen LogP contribution in [0.4, 0.5) is 11.4 Å². The molecule has 12 nitrogen and oxygen atoms in total. The molecule has 0 fully saturated rings. The van der Waals surface area contributed by atoms with Crippen LogP contribution >= 0.6 is 0 Å². The summed E-state index contributed by atoms with van der Waals surface area (Å²) >= 11 is 0. The topological polar surface area (TPSA) is 169 Å². The Morgan fingerprint density at radius 3 is 1.54 bits per heavy atom. The lowest BCUT2D eigenvalue weighted by molar-refractivity contribution is -0.385. The first kappa shape index (κ1) is 19.8. The molecule has 0 saturated heterocycles. The van der Waals surface area contributed by atoms with Gasteiger partial charge >= 0.3 is 11.8 Å². The van der Waals surface area contributed by atoms with E-state index in [2.05, 4.69) is 10.2 Å². The Labute approximate surface area is 156 Å². The number of nitrogens with zero attached hydrogens (tertiary/aromatic N) is 4. The van der Waals surface area contributed by atoms with E-state index in [0.717, 1.165) is 12.4 Å². The first-order valence-electron chi connectivity index (χ1n) is 7.52. The van der Waals surface area contributed by atoms with Gasteiger partial charge in [0.15, 0.2) is 0 Å². The number of benzene rings is 2. The number of hydrazone groups is 2. The minimum Gasteiger partial charge on any atom is -0.262 e. The third-order valence-corrected chi connectivity index (χ3v) is 3.13. The molecule has 0 radical (unpaired) electrons. The molecule has 2 N–H and O–H groups in total. The van der Waals surface area contributed by atoms with Gasteiger partial charge in [0.1, 0.15) is 0 Å². The maximum absolute atomic E-state index is 11.6. The molecule has 0 aliphatic carbocycles. The van der Waals surface area contributed by atoms with Gasteiger partial charge in [-0.15, -0.1) is 0 Å². The summed E-state index contributed by atoms with van der Waals surface area (Å²) in [4.78, 5) is 43.4. The molecule has 0 aliphatic heterocycles. The lowest BCUT2D eigenvalue weighted by atomic mass is 10.2. The minimum absolute atomic E-state index is 0.150. The largest absolute Gasteiger partial charge is 0.331 e. The van der Waals surface area contributed by atoms with Gasteiger partial charge in [0.25, 0.3) is 11.4 Å². The minimum atomic E-state index is -1.13. The second-order valence-corrected chi connectivity index (χ2v) is 5.10. The van der Waals surface area contributed by atoms with Crippen LogP contribution < -0.4 is 10.9 Å². The monoisotopic (exact) mass is 384 g/mol. The predicted molar refractivity (Wildman–Crippen MR) is 97.7 cm³/mol. The van der Waals surface area contributed by atoms with Gasteiger partial charge in [-0.25, -0.2) is 10.9 Å². The van der Waals surface area contributed by atoms with E-state index in [1.807, 2.05) is 10.9 Å². The van der Waals surface area contributed by atoms with E-state index in [9.17, 15) is 29.8 Å². The smallest absolute Gasteiger partial charge is 0.262 e. The fourth-order valence-corrected chi connectivity index (χ4v) is 1.87. The average molecular weight is 384 g/mol. The van der Waals surface area contributed by atoms with Crippen molar-refractivity contribution >= 4 is 35.6 Å². The van der Waals surface area contributed by atoms with Crippen molar-refractivity contribution in [3.63, 3.8) is 0 Å². The molecule has 2 rings (SSSR count). The van der Waals surface area contributed by atoms with Crippen LogP contribution in [-0.4, -0.2) is 34.1 Å². The van der Waals surface area contributed by atoms with Crippen molar-refractivity contribution in [2.24, 2.45) is 10.2 Å². The van der Waals surface area contributed by atoms with Crippen LogP contribution in [0.3, 0.4) is 0 Å². The van der Waals surface area contributed by atoms with E-state index in [0.29, 0.717) is 11.1 Å². The highest BCUT2D eigenvalue weighted by atomic mass is 16.6. The Bertz CT molecular complexity index is 908. The molecule has 2 aromatic carbocycles. The van der Waals surface area contributed by atoms with E-state index in [1.54, 1.807) is 0 Å². The average Bonchev–Trinajstić information content (AvgIpc) is 2.68. The van der Waals surface area contributed by atoms with Gasteiger partial charge < -0.3 is 0 Å². The van der Waals surface area contributed by atoms with E-state index in [-0.39, 0.29) is 11.4 Å². The van der Waals surface area contributed by atoms with Crippen molar-refractivity contribution in [2.75, 3.05) is 0 Å². The number of carbonyl (C=O) groups excluding carboxylic acids is 2. The lowest BCUT2D eigenvalue weighted by Crippen LogP contribution is -2.35. The first-order valence-corrected chi connectivity index (χ1v) is 7.52. The summed E-state index contributed by atoms with van der Waals surface area (Å²) in [5.41, 5.74) is 4.27. The van der Waals surface area contributed by atoms with Crippen molar-refractivity contribution in [1.29, 1.82) is 0 Å². The molecule has 28 heavy (non-hydrogen) atoms. The van der Waals surface area contributed by atoms with Crippen molar-refractivity contribution in [1.82, 2.24) is 10.9 Å². The molecule has 0 atom stereocenters. The Kier molecular flexibility index (Phi) is 6.58. The molecule has 0 aliphatic rings. The predicted octanol–water partition coefficient (Wildman–Crippen LogP) is 1.10. The molecule has 0 spiro atoms. The van der Waals surface area contributed by atoms with Crippen molar-refractivity contribution in [3.8, 4) is 0 Å². The molecule has 0 heterocycles. The molecule has 0 unspecified atom stereocenters. The van der Waals surface area contributed by atoms with E-state index in [1.165, 1.54) is 48.5 Å². The number of nitrogens with one attached hydrogen (secondary N) is 2. The highest BCUT2D eigenvalue weighted by Crippen LogP contribution is 2.12. The second-order valence-electron chi connectivity index (χ2n) is 5.10. The maximum atomic E-state index is 11.6. The summed E-state index contributed by atoms with van der Waals surface area (Å²) in [6.45, 7) is 0. The fraction of sp³-hybridized carbons (Fsp3) is 0. The molecule has 0 saturated carbocycles. The van der Waals surface area contributed by atoms with Crippen molar-refractivity contribution in [3.05, 3.63) is 79.9 Å². The number of rotatable bonds is 6. The number of carbonyl (C=O) groups is 2. The van der Waals surface area contributed by atoms with Crippen LogP contribution in [0.5, 0.6) is 0 Å². The highest BCUT2D eigenvalue weighted by molar-refractivity contribution is 6.35. The summed E-state index contributed by atoms with van der Waals surface area (Å²) < 4.78 is 0. The van der Waals surface area contributed by atoms with Crippen LogP contribution in [0.2, 0.25) is 0 Å². The third-order valence-electron chi connectivity index (χ3n) is 3.13. The summed E-state index contributed by atoms with van der Waals surface area (Å²) in [5, 5.41) is 28.4. The van der Waals surface area contributed by atoms with Crippen molar-refractivity contribution < 1.29 is 19.4 Å². The quantitative estimate of drug-likeness (QED) is 0.327. The van der Waals surface area contributed by atoms with Crippen molar-refractivity contribution in [2.45, 2.75) is 0 Å². The van der Waals surface area contributed by atoms with Crippen LogP contribution in [-0.2, 0) is 9.59 Å². The molecule has 2 amide bonds. The maximum Gasteiger partial charge on any atom is 0.331 e. The Hall–Kier alpha value is -4.48. The van der Waals surface area contributed by atoms with Gasteiger partial charge in [-0.2, -0.15) is 10.2 Å². The summed E-state index contributed by atoms with van der Waals surface area (Å²) in [6.07, 6.45) is 2.26. The SMILES string of the molecule is O=C(N/N=C\c1cccc([N+](=O)[O-])c1)C(=O)N/N=C\c1cccc([N+](=O)[O-])c1. The highest BCUT2D eigenvalue weighted by Gasteiger charge is 2.11. The van der Waals surface area contributed by atoms with Gasteiger partial charge in [0, 0.05) is 35.4 Å². The zero-order valence-corrected chi connectivity index (χ0v) is 14.0. The Morgan fingerprint density at radius 2 is 1.18 bits per heavy atom. The fourth-order valence-electron chi connectivity index (χ4n) is 1.87. The number of amides is 2. The lowest BCUT2D eigenvalue weighted by Gasteiger charge is -1.98. The van der Waals surface area contributed by atoms with E-state index < -0.39 is 21.7 Å². The summed E-state index contributed by atoms with van der Waals surface area (Å²) in [7, 11) is 0. The molecule has 142 valence electrons. The van der Waals surface area contributed by atoms with E-state index in [4.69, 9.17) is 0 Å². The third kappa shape index (κ3) is 5.80. The normalized spacial score (nSPS) is 10.7. The van der Waals surface area contributed by atoms with Crippen LogP contribution in [0.1, 0.15) is 11.1 Å². The molecular formula is C16H12N6O6. The number of hydrogen-bond acceptors (Lipinski definition) is 8. The van der Waals surface area contributed by atoms with Crippen LogP contribution in [0, 0.1) is 20.2 Å². The molecule has 0 bridgehead atoms. The van der Waals surface area contributed by atoms with Gasteiger partial charge in [0.2, 0.25) is 0 Å². The van der Waals surface area contributed by atoms with Crippen LogP contribution in [0.25, 0.3) is 0 Å². The van der Waals surface area contributed by atoms with Gasteiger partial charge in [-0.3, -0.25) is 29.8 Å². The second kappa shape index (κ2) is 9.28. The first-order chi connectivity index (χ1) is 13.4. The molecule has 12 heteroatoms. The van der Waals surface area contributed by atoms with Gasteiger partial charge in [-0.1, -0.05) is 24.3 Å². The number of nitro benzene ring substituents is 2. The standard InChI is InChI=1S/C16H12N6O6/c23-15(19-17-9-11-3-1-5-13(7-11)21(25)26)16(24)20-18-10-12-4-2-6-14(8-12)22(27)28/h1-10H,(H,19,23)(H,20,24)/b17-9-,18-10-. The summed E-state index contributed by atoms with van der Waals surface area (Å²) in [5.74, 6) is -2.25. The van der Waals surface area contributed by atoms with Gasteiger partial charge in [-0.05, 0) is 0 Å². The molecule has 2 aromatic rings. The number of nitro groups is 2. The number of hydrogen-bond donors (Lipinski definition) is 2. The van der Waals surface area contributed by atoms with Gasteiger partial charge in [0.05, 0.1) is 22.3 Å². The Morgan fingerprint density at radius 1 is 0.786 bits per heavy atom. The zero-order valence-electron chi connectivity index (χ0n) is 14.0. The Balaban J connectivity index is 1.88. The zero-order chi connectivity index (χ0) is 20.5. The molecule has 0 aromatic heterocycles. The number of non-ortho nitro benzene ring substituents is 2. The van der Waals surface area contributed by atoms with E-state index >= 15 is 0 Å². The molecular weight excluding hydrogens is 372 g/mol. The summed E-state index contributed by atoms with van der Waals surface area (Å²) in [6, 6.07) is 11.0.